The summed E-state index contributed by atoms with van der Waals surface area (Å²) in [6.07, 6.45) is 3.07. The van der Waals surface area contributed by atoms with E-state index in [0.29, 0.717) is 24.9 Å². The molecule has 3 aliphatic heterocycles. The summed E-state index contributed by atoms with van der Waals surface area (Å²) in [7, 11) is 1.82. The normalized spacial score (nSPS) is 27.3. The van der Waals surface area contributed by atoms with Crippen LogP contribution in [0.1, 0.15) is 31.7 Å². The molecule has 0 aliphatic carbocycles. The Kier molecular flexibility index (Phi) is 7.45. The van der Waals surface area contributed by atoms with Crippen LogP contribution in [-0.4, -0.2) is 91.6 Å². The lowest BCUT2D eigenvalue weighted by molar-refractivity contribution is -0.132. The molecule has 3 fully saturated rings. The molecule has 3 aliphatic rings. The number of fused-ring (bicyclic) bond motifs is 1. The number of rotatable bonds is 5. The predicted octanol–water partition coefficient (Wildman–Crippen LogP) is 1.80. The number of hydrogen-bond acceptors (Lipinski definition) is 4. The minimum absolute atomic E-state index is 0.201. The van der Waals surface area contributed by atoms with Crippen molar-refractivity contribution in [2.75, 3.05) is 52.9 Å². The molecule has 0 bridgehead atoms. The Morgan fingerprint density at radius 3 is 2.77 bits per heavy atom. The number of nitrogens with zero attached hydrogens (tertiary/aromatic N) is 4. The van der Waals surface area contributed by atoms with Gasteiger partial charge in [0, 0.05) is 59.3 Å². The molecular formula is C24H37N5O2. The first kappa shape index (κ1) is 22.1. The maximum Gasteiger partial charge on any atom is 0.224 e. The number of piperidine rings is 1. The predicted molar refractivity (Wildman–Crippen MR) is 123 cm³/mol. The first-order valence-corrected chi connectivity index (χ1v) is 11.8. The minimum atomic E-state index is 0.201. The Morgan fingerprint density at radius 2 is 2.00 bits per heavy atom. The Labute approximate surface area is 186 Å². The van der Waals surface area contributed by atoms with E-state index in [1.165, 1.54) is 12.0 Å². The molecule has 3 heterocycles. The summed E-state index contributed by atoms with van der Waals surface area (Å²) in [5.41, 5.74) is 1.34. The van der Waals surface area contributed by atoms with E-state index in [1.54, 1.807) is 0 Å². The Bertz CT molecular complexity index is 756. The second-order valence-electron chi connectivity index (χ2n) is 9.15. The molecule has 0 aromatic heterocycles. The number of morpholine rings is 1. The zero-order valence-electron chi connectivity index (χ0n) is 19.0. The third-order valence-corrected chi connectivity index (χ3v) is 6.79. The molecule has 0 saturated carbocycles. The molecule has 3 atom stereocenters. The lowest BCUT2D eigenvalue weighted by Crippen LogP contribution is -2.50. The van der Waals surface area contributed by atoms with Gasteiger partial charge in [0.25, 0.3) is 0 Å². The number of guanidine groups is 1. The highest BCUT2D eigenvalue weighted by Crippen LogP contribution is 2.24. The summed E-state index contributed by atoms with van der Waals surface area (Å²) in [6.45, 7) is 9.08. The number of carbonyl (C=O) groups excluding carboxylic acids is 1. The van der Waals surface area contributed by atoms with Crippen LogP contribution >= 0.6 is 0 Å². The first-order valence-electron chi connectivity index (χ1n) is 11.8. The van der Waals surface area contributed by atoms with Crippen molar-refractivity contribution in [3.05, 3.63) is 35.9 Å². The van der Waals surface area contributed by atoms with Crippen molar-refractivity contribution in [3.63, 3.8) is 0 Å². The Morgan fingerprint density at radius 1 is 1.16 bits per heavy atom. The van der Waals surface area contributed by atoms with Gasteiger partial charge in [-0.3, -0.25) is 14.7 Å². The second-order valence-corrected chi connectivity index (χ2v) is 9.15. The number of likely N-dealkylation sites (tertiary alicyclic amines) is 2. The van der Waals surface area contributed by atoms with Crippen molar-refractivity contribution in [1.82, 2.24) is 20.0 Å². The van der Waals surface area contributed by atoms with E-state index in [-0.39, 0.29) is 12.0 Å². The van der Waals surface area contributed by atoms with Gasteiger partial charge in [0.2, 0.25) is 5.91 Å². The summed E-state index contributed by atoms with van der Waals surface area (Å²) in [5.74, 6) is 1.74. The fraction of sp³-hybridized carbons (Fsp3) is 0.667. The van der Waals surface area contributed by atoms with Gasteiger partial charge in [0.15, 0.2) is 5.96 Å². The van der Waals surface area contributed by atoms with Gasteiger partial charge in [-0.2, -0.15) is 0 Å². The van der Waals surface area contributed by atoms with Crippen LogP contribution in [0.3, 0.4) is 0 Å². The maximum absolute atomic E-state index is 12.6. The van der Waals surface area contributed by atoms with Crippen LogP contribution in [0.25, 0.3) is 0 Å². The molecule has 1 amide bonds. The van der Waals surface area contributed by atoms with Gasteiger partial charge in [-0.1, -0.05) is 37.3 Å². The zero-order valence-corrected chi connectivity index (χ0v) is 19.0. The fourth-order valence-corrected chi connectivity index (χ4v) is 5.13. The van der Waals surface area contributed by atoms with Crippen molar-refractivity contribution in [3.8, 4) is 0 Å². The van der Waals surface area contributed by atoms with E-state index in [2.05, 4.69) is 57.4 Å². The average molecular weight is 428 g/mol. The molecule has 1 aromatic carbocycles. The Balaban J connectivity index is 1.28. The highest BCUT2D eigenvalue weighted by molar-refractivity contribution is 5.81. The number of ether oxygens (including phenoxy) is 1. The van der Waals surface area contributed by atoms with E-state index in [4.69, 9.17) is 4.74 Å². The third-order valence-electron chi connectivity index (χ3n) is 6.79. The van der Waals surface area contributed by atoms with Crippen molar-refractivity contribution in [2.24, 2.45) is 10.9 Å². The van der Waals surface area contributed by atoms with Crippen molar-refractivity contribution < 1.29 is 9.53 Å². The summed E-state index contributed by atoms with van der Waals surface area (Å²) >= 11 is 0. The number of hydrogen-bond donors (Lipinski definition) is 1. The van der Waals surface area contributed by atoms with Crippen molar-refractivity contribution in [1.29, 1.82) is 0 Å². The minimum Gasteiger partial charge on any atom is -0.373 e. The lowest BCUT2D eigenvalue weighted by Gasteiger charge is -2.36. The number of benzene rings is 1. The van der Waals surface area contributed by atoms with Gasteiger partial charge >= 0.3 is 0 Å². The molecule has 0 radical (unpaired) electrons. The molecule has 7 nitrogen and oxygen atoms in total. The first-order chi connectivity index (χ1) is 15.1. The smallest absolute Gasteiger partial charge is 0.224 e. The monoisotopic (exact) mass is 427 g/mol. The molecule has 170 valence electrons. The van der Waals surface area contributed by atoms with Gasteiger partial charge in [0.1, 0.15) is 0 Å². The molecular weight excluding hydrogens is 390 g/mol. The van der Waals surface area contributed by atoms with Crippen LogP contribution < -0.4 is 5.32 Å². The SMILES string of the molecule is CN=C(NCCC(=O)N1CCCC(C)C1)N1CC2OCCN(Cc3ccccc3)C2C1. The van der Waals surface area contributed by atoms with E-state index >= 15 is 0 Å². The van der Waals surface area contributed by atoms with Crippen LogP contribution in [0.5, 0.6) is 0 Å². The van der Waals surface area contributed by atoms with Gasteiger partial charge in [-0.05, 0) is 24.3 Å². The third kappa shape index (κ3) is 5.57. The van der Waals surface area contributed by atoms with Crippen LogP contribution in [0.4, 0.5) is 0 Å². The molecule has 31 heavy (non-hydrogen) atoms. The summed E-state index contributed by atoms with van der Waals surface area (Å²) in [6, 6.07) is 11.0. The number of amides is 1. The van der Waals surface area contributed by atoms with Crippen molar-refractivity contribution >= 4 is 11.9 Å². The largest absolute Gasteiger partial charge is 0.373 e. The Hall–Kier alpha value is -2.12. The summed E-state index contributed by atoms with van der Waals surface area (Å²) in [4.78, 5) is 23.9. The van der Waals surface area contributed by atoms with Gasteiger partial charge < -0.3 is 19.9 Å². The van der Waals surface area contributed by atoms with Gasteiger partial charge in [0.05, 0.1) is 18.8 Å². The topological polar surface area (TPSA) is 60.4 Å². The quantitative estimate of drug-likeness (QED) is 0.574. The molecule has 1 N–H and O–H groups in total. The van der Waals surface area contributed by atoms with E-state index in [0.717, 1.165) is 58.3 Å². The molecule has 0 spiro atoms. The van der Waals surface area contributed by atoms with Gasteiger partial charge in [-0.15, -0.1) is 0 Å². The number of aliphatic imine (C=N–C) groups is 1. The molecule has 7 heteroatoms. The number of nitrogens with one attached hydrogen (secondary N) is 1. The van der Waals surface area contributed by atoms with E-state index in [1.807, 2.05) is 11.9 Å². The lowest BCUT2D eigenvalue weighted by atomic mass is 10.00. The summed E-state index contributed by atoms with van der Waals surface area (Å²) in [5, 5.41) is 3.42. The summed E-state index contributed by atoms with van der Waals surface area (Å²) < 4.78 is 6.10. The van der Waals surface area contributed by atoms with Gasteiger partial charge in [-0.25, -0.2) is 0 Å². The second kappa shape index (κ2) is 10.5. The molecule has 3 saturated heterocycles. The molecule has 1 aromatic rings. The average Bonchev–Trinajstić information content (AvgIpc) is 3.22. The van der Waals surface area contributed by atoms with Crippen LogP contribution in [-0.2, 0) is 16.1 Å². The van der Waals surface area contributed by atoms with Crippen LogP contribution in [0.15, 0.2) is 35.3 Å². The fourth-order valence-electron chi connectivity index (χ4n) is 5.13. The van der Waals surface area contributed by atoms with Crippen LogP contribution in [0.2, 0.25) is 0 Å². The highest BCUT2D eigenvalue weighted by Gasteiger charge is 2.41. The van der Waals surface area contributed by atoms with E-state index in [9.17, 15) is 4.79 Å². The molecule has 4 rings (SSSR count). The molecule has 3 unspecified atom stereocenters. The zero-order chi connectivity index (χ0) is 21.6. The maximum atomic E-state index is 12.6. The van der Waals surface area contributed by atoms with Crippen LogP contribution in [0, 0.1) is 5.92 Å². The van der Waals surface area contributed by atoms with Crippen molar-refractivity contribution in [2.45, 2.75) is 44.9 Å². The standard InChI is InChI=1S/C24H37N5O2/c1-19-7-6-12-28(15-19)23(30)10-11-26-24(25-2)29-17-21-22(18-29)31-14-13-27(21)16-20-8-4-3-5-9-20/h3-5,8-9,19,21-22H,6-7,10-18H2,1-2H3,(H,25,26). The highest BCUT2D eigenvalue weighted by atomic mass is 16.5. The van der Waals surface area contributed by atoms with E-state index < -0.39 is 0 Å². The number of carbonyl (C=O) groups is 1.